The normalized spacial score (nSPS) is 11.3. The van der Waals surface area contributed by atoms with E-state index < -0.39 is 5.54 Å². The molecule has 3 N–H and O–H groups in total. The molecule has 0 saturated heterocycles. The van der Waals surface area contributed by atoms with Gasteiger partial charge in [0.2, 0.25) is 0 Å². The predicted octanol–water partition coefficient (Wildman–Crippen LogP) is 3.04. The first-order valence-corrected chi connectivity index (χ1v) is 6.93. The molecule has 1 aromatic carbocycles. The molecule has 0 aliphatic carbocycles. The van der Waals surface area contributed by atoms with Crippen LogP contribution in [0.5, 0.6) is 0 Å². The fourth-order valence-electron chi connectivity index (χ4n) is 1.69. The number of anilines is 1. The number of halogens is 1. The molecule has 1 amide bonds. The Bertz CT molecular complexity index is 576. The van der Waals surface area contributed by atoms with Gasteiger partial charge < -0.3 is 11.1 Å². The van der Waals surface area contributed by atoms with Crippen LogP contribution in [-0.4, -0.2) is 10.9 Å². The lowest BCUT2D eigenvalue weighted by molar-refractivity contribution is 0.0912. The quantitative estimate of drug-likeness (QED) is 0.855. The molecule has 0 aliphatic heterocycles. The largest absolute Gasteiger partial charge is 0.399 e. The Kier molecular flexibility index (Phi) is 3.78. The zero-order valence-corrected chi connectivity index (χ0v) is 12.2. The van der Waals surface area contributed by atoms with Gasteiger partial charge in [-0.3, -0.25) is 4.79 Å². The molecular weight excluding hydrogens is 282 g/mol. The van der Waals surface area contributed by atoms with E-state index in [-0.39, 0.29) is 5.91 Å². The number of aromatic nitrogens is 1. The maximum atomic E-state index is 12.2. The summed E-state index contributed by atoms with van der Waals surface area (Å²) in [5, 5.41) is 6.09. The van der Waals surface area contributed by atoms with E-state index in [0.29, 0.717) is 16.3 Å². The molecule has 1 aromatic heterocycles. The van der Waals surface area contributed by atoms with Gasteiger partial charge in [0.15, 0.2) is 0 Å². The first-order valence-electron chi connectivity index (χ1n) is 5.67. The number of hydrogen-bond acceptors (Lipinski definition) is 4. The monoisotopic (exact) mass is 295 g/mol. The lowest BCUT2D eigenvalue weighted by Crippen LogP contribution is -2.40. The van der Waals surface area contributed by atoms with Crippen LogP contribution in [0.3, 0.4) is 0 Å². The number of thiazole rings is 1. The fourth-order valence-corrected chi connectivity index (χ4v) is 2.65. The van der Waals surface area contributed by atoms with E-state index in [1.807, 2.05) is 19.2 Å². The SMILES string of the molecule is CC(C)(NC(=O)c1cc(N)cc(Cl)c1)c1nccs1. The van der Waals surface area contributed by atoms with Crippen LogP contribution in [0.25, 0.3) is 0 Å². The maximum Gasteiger partial charge on any atom is 0.252 e. The third-order valence-corrected chi connectivity index (χ3v) is 3.89. The lowest BCUT2D eigenvalue weighted by atomic mass is 10.1. The standard InChI is InChI=1S/C13H14ClN3OS/c1-13(2,12-16-3-4-19-12)17-11(18)8-5-9(14)7-10(15)6-8/h3-7H,15H2,1-2H3,(H,17,18). The van der Waals surface area contributed by atoms with E-state index in [0.717, 1.165) is 5.01 Å². The molecule has 0 saturated carbocycles. The Labute approximate surface area is 120 Å². The van der Waals surface area contributed by atoms with Crippen LogP contribution in [0.15, 0.2) is 29.8 Å². The summed E-state index contributed by atoms with van der Waals surface area (Å²) in [5.74, 6) is -0.227. The average molecular weight is 296 g/mol. The van der Waals surface area contributed by atoms with Crippen molar-refractivity contribution >= 4 is 34.5 Å². The zero-order chi connectivity index (χ0) is 14.0. The van der Waals surface area contributed by atoms with Crippen LogP contribution in [0, 0.1) is 0 Å². The van der Waals surface area contributed by atoms with Crippen molar-refractivity contribution in [1.82, 2.24) is 10.3 Å². The maximum absolute atomic E-state index is 12.2. The summed E-state index contributed by atoms with van der Waals surface area (Å²) >= 11 is 7.39. The van der Waals surface area contributed by atoms with E-state index in [1.165, 1.54) is 11.3 Å². The highest BCUT2D eigenvalue weighted by atomic mass is 35.5. The Morgan fingerprint density at radius 1 is 1.42 bits per heavy atom. The first-order chi connectivity index (χ1) is 8.88. The number of nitrogens with one attached hydrogen (secondary N) is 1. The molecule has 0 radical (unpaired) electrons. The molecule has 0 bridgehead atoms. The average Bonchev–Trinajstić information content (AvgIpc) is 2.80. The Morgan fingerprint density at radius 2 is 2.16 bits per heavy atom. The van der Waals surface area contributed by atoms with Gasteiger partial charge in [-0.2, -0.15) is 0 Å². The van der Waals surface area contributed by atoms with Gasteiger partial charge in [-0.1, -0.05) is 11.6 Å². The predicted molar refractivity (Wildman–Crippen MR) is 78.5 cm³/mol. The van der Waals surface area contributed by atoms with Crippen LogP contribution in [0.4, 0.5) is 5.69 Å². The Morgan fingerprint density at radius 3 is 2.74 bits per heavy atom. The second-order valence-electron chi connectivity index (χ2n) is 4.69. The van der Waals surface area contributed by atoms with Crippen LogP contribution in [0.2, 0.25) is 5.02 Å². The molecule has 0 unspecified atom stereocenters. The lowest BCUT2D eigenvalue weighted by Gasteiger charge is -2.24. The van der Waals surface area contributed by atoms with Crippen LogP contribution in [0.1, 0.15) is 29.2 Å². The number of rotatable bonds is 3. The van der Waals surface area contributed by atoms with E-state index in [4.69, 9.17) is 17.3 Å². The van der Waals surface area contributed by atoms with Crippen molar-refractivity contribution in [2.45, 2.75) is 19.4 Å². The Balaban J connectivity index is 2.21. The number of amides is 1. The molecule has 0 aliphatic rings. The van der Waals surface area contributed by atoms with Gasteiger partial charge >= 0.3 is 0 Å². The molecule has 0 atom stereocenters. The second-order valence-corrected chi connectivity index (χ2v) is 6.02. The second kappa shape index (κ2) is 5.19. The van der Waals surface area contributed by atoms with Gasteiger partial charge in [0.05, 0.1) is 5.54 Å². The number of carbonyl (C=O) groups is 1. The van der Waals surface area contributed by atoms with Gasteiger partial charge in [0, 0.05) is 27.9 Å². The summed E-state index contributed by atoms with van der Waals surface area (Å²) in [6.45, 7) is 3.80. The topological polar surface area (TPSA) is 68.0 Å². The van der Waals surface area contributed by atoms with Crippen molar-refractivity contribution in [1.29, 1.82) is 0 Å². The first kappa shape index (κ1) is 13.8. The molecule has 19 heavy (non-hydrogen) atoms. The third-order valence-electron chi connectivity index (χ3n) is 2.58. The van der Waals surface area contributed by atoms with Gasteiger partial charge in [0.25, 0.3) is 5.91 Å². The van der Waals surface area contributed by atoms with Gasteiger partial charge in [-0.15, -0.1) is 11.3 Å². The minimum atomic E-state index is -0.539. The smallest absolute Gasteiger partial charge is 0.252 e. The van der Waals surface area contributed by atoms with Crippen molar-refractivity contribution in [3.8, 4) is 0 Å². The molecule has 0 fully saturated rings. The number of nitrogens with zero attached hydrogens (tertiary/aromatic N) is 1. The van der Waals surface area contributed by atoms with Crippen molar-refractivity contribution in [2.75, 3.05) is 5.73 Å². The fraction of sp³-hybridized carbons (Fsp3) is 0.231. The minimum Gasteiger partial charge on any atom is -0.399 e. The number of nitrogen functional groups attached to an aromatic ring is 1. The van der Waals surface area contributed by atoms with E-state index >= 15 is 0 Å². The van der Waals surface area contributed by atoms with Gasteiger partial charge in [-0.25, -0.2) is 4.98 Å². The summed E-state index contributed by atoms with van der Waals surface area (Å²) in [5.41, 5.74) is 6.04. The van der Waals surface area contributed by atoms with Gasteiger partial charge in [0.1, 0.15) is 5.01 Å². The van der Waals surface area contributed by atoms with E-state index in [9.17, 15) is 4.79 Å². The van der Waals surface area contributed by atoms with E-state index in [1.54, 1.807) is 24.4 Å². The summed E-state index contributed by atoms with van der Waals surface area (Å²) in [6, 6.07) is 4.79. The molecule has 6 heteroatoms. The van der Waals surface area contributed by atoms with Crippen LogP contribution >= 0.6 is 22.9 Å². The number of nitrogens with two attached hydrogens (primary N) is 1. The molecule has 1 heterocycles. The summed E-state index contributed by atoms with van der Waals surface area (Å²) in [7, 11) is 0. The highest BCUT2D eigenvalue weighted by Gasteiger charge is 2.26. The zero-order valence-electron chi connectivity index (χ0n) is 10.6. The summed E-state index contributed by atoms with van der Waals surface area (Å²) < 4.78 is 0. The third kappa shape index (κ3) is 3.24. The molecule has 2 aromatic rings. The van der Waals surface area contributed by atoms with Gasteiger partial charge in [-0.05, 0) is 32.0 Å². The summed E-state index contributed by atoms with van der Waals surface area (Å²) in [4.78, 5) is 16.4. The minimum absolute atomic E-state index is 0.227. The van der Waals surface area contributed by atoms with Crippen molar-refractivity contribution in [3.63, 3.8) is 0 Å². The highest BCUT2D eigenvalue weighted by Crippen LogP contribution is 2.23. The molecular formula is C13H14ClN3OS. The molecule has 2 rings (SSSR count). The molecule has 4 nitrogen and oxygen atoms in total. The number of hydrogen-bond donors (Lipinski definition) is 2. The van der Waals surface area contributed by atoms with Crippen molar-refractivity contribution in [3.05, 3.63) is 45.4 Å². The van der Waals surface area contributed by atoms with Crippen molar-refractivity contribution in [2.24, 2.45) is 0 Å². The van der Waals surface area contributed by atoms with E-state index in [2.05, 4.69) is 10.3 Å². The Hall–Kier alpha value is -1.59. The number of benzene rings is 1. The highest BCUT2D eigenvalue weighted by molar-refractivity contribution is 7.09. The van der Waals surface area contributed by atoms with Crippen LogP contribution in [-0.2, 0) is 5.54 Å². The van der Waals surface area contributed by atoms with Crippen molar-refractivity contribution < 1.29 is 4.79 Å². The number of carbonyl (C=O) groups excluding carboxylic acids is 1. The van der Waals surface area contributed by atoms with Crippen LogP contribution < -0.4 is 11.1 Å². The summed E-state index contributed by atoms with van der Waals surface area (Å²) in [6.07, 6.45) is 1.71. The molecule has 0 spiro atoms. The molecule has 100 valence electrons.